The summed E-state index contributed by atoms with van der Waals surface area (Å²) in [6.07, 6.45) is 1.38. The number of amides is 1. The lowest BCUT2D eigenvalue weighted by Crippen LogP contribution is -2.26. The number of benzene rings is 3. The number of nitrogens with one attached hydrogen (secondary N) is 2. The Kier molecular flexibility index (Phi) is 6.50. The molecule has 33 heavy (non-hydrogen) atoms. The number of anilines is 2. The molecule has 0 saturated heterocycles. The van der Waals surface area contributed by atoms with Crippen LogP contribution in [0.25, 0.3) is 11.4 Å². The first kappa shape index (κ1) is 23.0. The number of aromatic nitrogens is 3. The van der Waals surface area contributed by atoms with E-state index in [0.29, 0.717) is 33.3 Å². The molecule has 11 heteroatoms. The standard InChI is InChI=1S/C22H17BrClN5O3S/c1-29(17-7-5-16(24)6-8-17)33(31,32)18-9-2-14(3-10-18)22(30)27-20-11-4-15(23)12-19(20)21-25-13-26-28-21/h2-13H,1H3,(H,27,30)(H,25,26,28). The van der Waals surface area contributed by atoms with Gasteiger partial charge in [0.15, 0.2) is 5.82 Å². The van der Waals surface area contributed by atoms with Crippen LogP contribution in [0.5, 0.6) is 0 Å². The largest absolute Gasteiger partial charge is 0.321 e. The second-order valence-electron chi connectivity index (χ2n) is 6.95. The predicted octanol–water partition coefficient (Wildman–Crippen LogP) is 4.97. The number of H-pyrrole nitrogens is 1. The van der Waals surface area contributed by atoms with Gasteiger partial charge in [0, 0.05) is 27.7 Å². The highest BCUT2D eigenvalue weighted by Gasteiger charge is 2.22. The van der Waals surface area contributed by atoms with Gasteiger partial charge in [-0.2, -0.15) is 5.10 Å². The van der Waals surface area contributed by atoms with Gasteiger partial charge in [0.25, 0.3) is 15.9 Å². The van der Waals surface area contributed by atoms with Gasteiger partial charge in [-0.1, -0.05) is 27.5 Å². The molecular formula is C22H17BrClN5O3S. The fourth-order valence-corrected chi connectivity index (χ4v) is 4.76. The Morgan fingerprint density at radius 2 is 1.76 bits per heavy atom. The fraction of sp³-hybridized carbons (Fsp3) is 0.0455. The van der Waals surface area contributed by atoms with Gasteiger partial charge in [0.2, 0.25) is 0 Å². The molecule has 0 spiro atoms. The summed E-state index contributed by atoms with van der Waals surface area (Å²) in [5.41, 5.74) is 1.95. The highest BCUT2D eigenvalue weighted by atomic mass is 79.9. The van der Waals surface area contributed by atoms with Crippen LogP contribution in [0.2, 0.25) is 5.02 Å². The third kappa shape index (κ3) is 4.92. The van der Waals surface area contributed by atoms with E-state index in [0.717, 1.165) is 8.78 Å². The van der Waals surface area contributed by atoms with Crippen molar-refractivity contribution in [2.24, 2.45) is 0 Å². The van der Waals surface area contributed by atoms with Crippen molar-refractivity contribution < 1.29 is 13.2 Å². The molecule has 1 amide bonds. The number of carbonyl (C=O) groups excluding carboxylic acids is 1. The number of hydrogen-bond acceptors (Lipinski definition) is 5. The van der Waals surface area contributed by atoms with Crippen molar-refractivity contribution in [3.63, 3.8) is 0 Å². The Bertz CT molecular complexity index is 1390. The number of aromatic amines is 1. The summed E-state index contributed by atoms with van der Waals surface area (Å²) in [5, 5.41) is 9.97. The molecule has 0 aliphatic heterocycles. The molecule has 0 aliphatic carbocycles. The smallest absolute Gasteiger partial charge is 0.264 e. The third-order valence-corrected chi connectivity index (χ3v) is 7.41. The van der Waals surface area contributed by atoms with E-state index < -0.39 is 15.9 Å². The monoisotopic (exact) mass is 545 g/mol. The van der Waals surface area contributed by atoms with Crippen LogP contribution in [0, 0.1) is 0 Å². The normalized spacial score (nSPS) is 11.2. The third-order valence-electron chi connectivity index (χ3n) is 4.87. The summed E-state index contributed by atoms with van der Waals surface area (Å²) in [7, 11) is -2.36. The number of hydrogen-bond donors (Lipinski definition) is 2. The van der Waals surface area contributed by atoms with Crippen LogP contribution in [0.3, 0.4) is 0 Å². The van der Waals surface area contributed by atoms with E-state index in [4.69, 9.17) is 11.6 Å². The van der Waals surface area contributed by atoms with Crippen LogP contribution in [0.1, 0.15) is 10.4 Å². The maximum Gasteiger partial charge on any atom is 0.264 e. The van der Waals surface area contributed by atoms with Crippen LogP contribution >= 0.6 is 27.5 Å². The van der Waals surface area contributed by atoms with Crippen LogP contribution < -0.4 is 9.62 Å². The Labute approximate surface area is 203 Å². The first-order chi connectivity index (χ1) is 15.8. The van der Waals surface area contributed by atoms with Gasteiger partial charge in [-0.05, 0) is 66.7 Å². The molecule has 3 aromatic carbocycles. The highest BCUT2D eigenvalue weighted by Crippen LogP contribution is 2.29. The Balaban J connectivity index is 1.55. The van der Waals surface area contributed by atoms with Crippen LogP contribution in [0.15, 0.2) is 82.4 Å². The second-order valence-corrected chi connectivity index (χ2v) is 10.3. The quantitative estimate of drug-likeness (QED) is 0.355. The number of carbonyl (C=O) groups is 1. The molecule has 0 aliphatic rings. The molecule has 8 nitrogen and oxygen atoms in total. The predicted molar refractivity (Wildman–Crippen MR) is 131 cm³/mol. The minimum Gasteiger partial charge on any atom is -0.321 e. The average Bonchev–Trinajstić information content (AvgIpc) is 3.35. The molecule has 1 aromatic heterocycles. The molecule has 1 heterocycles. The minimum absolute atomic E-state index is 0.0579. The Hall–Kier alpha value is -3.21. The molecule has 0 saturated carbocycles. The summed E-state index contributed by atoms with van der Waals surface area (Å²) >= 11 is 9.29. The van der Waals surface area contributed by atoms with Crippen molar-refractivity contribution in [3.05, 3.63) is 88.1 Å². The lowest BCUT2D eigenvalue weighted by molar-refractivity contribution is 0.102. The van der Waals surface area contributed by atoms with E-state index in [9.17, 15) is 13.2 Å². The van der Waals surface area contributed by atoms with Crippen molar-refractivity contribution in [1.82, 2.24) is 15.2 Å². The average molecular weight is 547 g/mol. The summed E-state index contributed by atoms with van der Waals surface area (Å²) in [6.45, 7) is 0. The molecule has 4 rings (SSSR count). The summed E-state index contributed by atoms with van der Waals surface area (Å²) in [6, 6.07) is 17.5. The Morgan fingerprint density at radius 3 is 2.39 bits per heavy atom. The number of sulfonamides is 1. The topological polar surface area (TPSA) is 108 Å². The van der Waals surface area contributed by atoms with E-state index in [2.05, 4.69) is 36.4 Å². The number of nitrogens with zero attached hydrogens (tertiary/aromatic N) is 3. The van der Waals surface area contributed by atoms with Gasteiger partial charge in [-0.15, -0.1) is 0 Å². The van der Waals surface area contributed by atoms with Gasteiger partial charge >= 0.3 is 0 Å². The van der Waals surface area contributed by atoms with Crippen molar-refractivity contribution >= 4 is 54.8 Å². The molecule has 0 atom stereocenters. The van der Waals surface area contributed by atoms with Gasteiger partial charge in [0.1, 0.15) is 6.33 Å². The van der Waals surface area contributed by atoms with Crippen LogP contribution in [-0.4, -0.2) is 36.6 Å². The molecule has 4 aromatic rings. The van der Waals surface area contributed by atoms with Gasteiger partial charge < -0.3 is 5.32 Å². The zero-order valence-corrected chi connectivity index (χ0v) is 20.3. The summed E-state index contributed by atoms with van der Waals surface area (Å²) < 4.78 is 27.9. The van der Waals surface area contributed by atoms with E-state index >= 15 is 0 Å². The molecule has 0 bridgehead atoms. The second kappa shape index (κ2) is 9.34. The maximum atomic E-state index is 13.0. The van der Waals surface area contributed by atoms with Crippen molar-refractivity contribution in [3.8, 4) is 11.4 Å². The first-order valence-corrected chi connectivity index (χ1v) is 12.2. The zero-order chi connectivity index (χ0) is 23.6. The first-order valence-electron chi connectivity index (χ1n) is 9.57. The van der Waals surface area contributed by atoms with E-state index in [-0.39, 0.29) is 4.90 Å². The maximum absolute atomic E-state index is 13.0. The Morgan fingerprint density at radius 1 is 1.06 bits per heavy atom. The minimum atomic E-state index is -3.81. The van der Waals surface area contributed by atoms with E-state index in [1.165, 1.54) is 37.6 Å². The van der Waals surface area contributed by atoms with Crippen molar-refractivity contribution in [2.75, 3.05) is 16.7 Å². The zero-order valence-electron chi connectivity index (χ0n) is 17.2. The molecule has 168 valence electrons. The number of rotatable bonds is 6. The van der Waals surface area contributed by atoms with Crippen molar-refractivity contribution in [2.45, 2.75) is 4.90 Å². The van der Waals surface area contributed by atoms with Crippen molar-refractivity contribution in [1.29, 1.82) is 0 Å². The molecule has 0 radical (unpaired) electrons. The molecular weight excluding hydrogens is 530 g/mol. The van der Waals surface area contributed by atoms with Gasteiger partial charge in [0.05, 0.1) is 16.3 Å². The van der Waals surface area contributed by atoms with E-state index in [1.807, 2.05) is 0 Å². The SMILES string of the molecule is CN(c1ccc(Cl)cc1)S(=O)(=O)c1ccc(C(=O)Nc2ccc(Br)cc2-c2ncn[nH]2)cc1. The number of halogens is 2. The molecule has 0 unspecified atom stereocenters. The summed E-state index contributed by atoms with van der Waals surface area (Å²) in [4.78, 5) is 17.0. The molecule has 2 N–H and O–H groups in total. The highest BCUT2D eigenvalue weighted by molar-refractivity contribution is 9.10. The lowest BCUT2D eigenvalue weighted by Gasteiger charge is -2.19. The summed E-state index contributed by atoms with van der Waals surface area (Å²) in [5.74, 6) is 0.103. The fourth-order valence-electron chi connectivity index (χ4n) is 3.08. The van der Waals surface area contributed by atoms with Crippen LogP contribution in [-0.2, 0) is 10.0 Å². The van der Waals surface area contributed by atoms with Gasteiger partial charge in [-0.25, -0.2) is 13.4 Å². The van der Waals surface area contributed by atoms with Crippen LogP contribution in [0.4, 0.5) is 11.4 Å². The van der Waals surface area contributed by atoms with Gasteiger partial charge in [-0.3, -0.25) is 14.2 Å². The van der Waals surface area contributed by atoms with E-state index in [1.54, 1.807) is 42.5 Å². The molecule has 0 fully saturated rings. The lowest BCUT2D eigenvalue weighted by atomic mass is 10.1.